The quantitative estimate of drug-likeness (QED) is 0.863. The van der Waals surface area contributed by atoms with Gasteiger partial charge in [0.05, 0.1) is 12.3 Å². The van der Waals surface area contributed by atoms with Crippen LogP contribution in [0, 0.1) is 26.6 Å². The molecule has 1 aromatic carbocycles. The third-order valence-corrected chi connectivity index (χ3v) is 3.00. The van der Waals surface area contributed by atoms with Crippen LogP contribution < -0.4 is 5.73 Å². The monoisotopic (exact) mass is 233 g/mol. The SMILES string of the molecule is Cc1ccoc1C(N)c1cc(C)c(F)c(C)c1. The lowest BCUT2D eigenvalue weighted by atomic mass is 9.98. The van der Waals surface area contributed by atoms with Crippen LogP contribution in [0.2, 0.25) is 0 Å². The lowest BCUT2D eigenvalue weighted by molar-refractivity contribution is 0.486. The molecule has 0 radical (unpaired) electrons. The molecule has 0 aliphatic heterocycles. The van der Waals surface area contributed by atoms with Crippen molar-refractivity contribution in [1.29, 1.82) is 0 Å². The van der Waals surface area contributed by atoms with E-state index in [1.54, 1.807) is 32.2 Å². The van der Waals surface area contributed by atoms with Crippen LogP contribution in [-0.2, 0) is 0 Å². The number of halogens is 1. The van der Waals surface area contributed by atoms with Crippen molar-refractivity contribution in [1.82, 2.24) is 0 Å². The molecule has 0 fully saturated rings. The average Bonchev–Trinajstić information content (AvgIpc) is 2.70. The zero-order chi connectivity index (χ0) is 12.6. The maximum absolute atomic E-state index is 13.5. The van der Waals surface area contributed by atoms with Crippen molar-refractivity contribution < 1.29 is 8.81 Å². The summed E-state index contributed by atoms with van der Waals surface area (Å²) in [4.78, 5) is 0. The Kier molecular flexibility index (Phi) is 3.03. The molecule has 0 aliphatic carbocycles. The van der Waals surface area contributed by atoms with Crippen molar-refractivity contribution in [3.05, 3.63) is 58.3 Å². The molecule has 0 amide bonds. The van der Waals surface area contributed by atoms with Crippen molar-refractivity contribution in [2.45, 2.75) is 26.8 Å². The smallest absolute Gasteiger partial charge is 0.129 e. The van der Waals surface area contributed by atoms with Crippen LogP contribution in [0.4, 0.5) is 4.39 Å². The van der Waals surface area contributed by atoms with E-state index in [2.05, 4.69) is 0 Å². The van der Waals surface area contributed by atoms with E-state index in [1.807, 2.05) is 13.0 Å². The molecule has 2 rings (SSSR count). The van der Waals surface area contributed by atoms with Gasteiger partial charge in [0.1, 0.15) is 11.6 Å². The summed E-state index contributed by atoms with van der Waals surface area (Å²) in [6.07, 6.45) is 1.62. The van der Waals surface area contributed by atoms with Gasteiger partial charge >= 0.3 is 0 Å². The molecule has 0 spiro atoms. The Morgan fingerprint density at radius 3 is 2.18 bits per heavy atom. The average molecular weight is 233 g/mol. The van der Waals surface area contributed by atoms with Gasteiger partial charge in [0.2, 0.25) is 0 Å². The number of rotatable bonds is 2. The second kappa shape index (κ2) is 4.34. The highest BCUT2D eigenvalue weighted by Crippen LogP contribution is 2.26. The highest BCUT2D eigenvalue weighted by molar-refractivity contribution is 5.36. The third kappa shape index (κ3) is 2.11. The number of aryl methyl sites for hydroxylation is 3. The van der Waals surface area contributed by atoms with Gasteiger partial charge in [-0.15, -0.1) is 0 Å². The van der Waals surface area contributed by atoms with Crippen LogP contribution >= 0.6 is 0 Å². The molecule has 0 bridgehead atoms. The van der Waals surface area contributed by atoms with Crippen molar-refractivity contribution in [2.24, 2.45) is 5.73 Å². The molecule has 2 aromatic rings. The number of hydrogen-bond acceptors (Lipinski definition) is 2. The van der Waals surface area contributed by atoms with Crippen molar-refractivity contribution in [2.75, 3.05) is 0 Å². The molecule has 0 aliphatic rings. The molecule has 90 valence electrons. The van der Waals surface area contributed by atoms with Gasteiger partial charge in [-0.3, -0.25) is 0 Å². The van der Waals surface area contributed by atoms with Gasteiger partial charge in [0.25, 0.3) is 0 Å². The molecular formula is C14H16FNO. The van der Waals surface area contributed by atoms with Gasteiger partial charge in [-0.05, 0) is 49.1 Å². The minimum Gasteiger partial charge on any atom is -0.467 e. The van der Waals surface area contributed by atoms with Crippen molar-refractivity contribution >= 4 is 0 Å². The summed E-state index contributed by atoms with van der Waals surface area (Å²) in [5.74, 6) is 0.563. The summed E-state index contributed by atoms with van der Waals surface area (Å²) in [6, 6.07) is 5.07. The Hall–Kier alpha value is -1.61. The van der Waals surface area contributed by atoms with E-state index in [1.165, 1.54) is 0 Å². The Morgan fingerprint density at radius 2 is 1.71 bits per heavy atom. The maximum Gasteiger partial charge on any atom is 0.129 e. The first kappa shape index (κ1) is 11.9. The van der Waals surface area contributed by atoms with Gasteiger partial charge < -0.3 is 10.2 Å². The fourth-order valence-electron chi connectivity index (χ4n) is 2.01. The number of hydrogen-bond donors (Lipinski definition) is 1. The zero-order valence-electron chi connectivity index (χ0n) is 10.3. The first-order valence-corrected chi connectivity index (χ1v) is 5.57. The van der Waals surface area contributed by atoms with Gasteiger partial charge in [0, 0.05) is 0 Å². The van der Waals surface area contributed by atoms with Gasteiger partial charge in [-0.1, -0.05) is 12.1 Å². The van der Waals surface area contributed by atoms with E-state index < -0.39 is 0 Å². The van der Waals surface area contributed by atoms with Gasteiger partial charge in [-0.2, -0.15) is 0 Å². The fourth-order valence-corrected chi connectivity index (χ4v) is 2.01. The molecule has 2 N–H and O–H groups in total. The Labute approximate surface area is 100 Å². The third-order valence-electron chi connectivity index (χ3n) is 3.00. The summed E-state index contributed by atoms with van der Waals surface area (Å²) in [5.41, 5.74) is 9.24. The minimum absolute atomic E-state index is 0.169. The second-order valence-corrected chi connectivity index (χ2v) is 4.41. The molecule has 1 aromatic heterocycles. The normalized spacial score (nSPS) is 12.8. The molecule has 3 heteroatoms. The molecule has 0 saturated heterocycles. The van der Waals surface area contributed by atoms with E-state index in [9.17, 15) is 4.39 Å². The minimum atomic E-state index is -0.344. The summed E-state index contributed by atoms with van der Waals surface area (Å²) >= 11 is 0. The van der Waals surface area contributed by atoms with Gasteiger partial charge in [0.15, 0.2) is 0 Å². The molecule has 1 atom stereocenters. The first-order chi connectivity index (χ1) is 8.00. The van der Waals surface area contributed by atoms with E-state index >= 15 is 0 Å². The van der Waals surface area contributed by atoms with Crippen LogP contribution in [0.25, 0.3) is 0 Å². The lowest BCUT2D eigenvalue weighted by Gasteiger charge is -2.13. The summed E-state index contributed by atoms with van der Waals surface area (Å²) < 4.78 is 18.9. The lowest BCUT2D eigenvalue weighted by Crippen LogP contribution is -2.13. The van der Waals surface area contributed by atoms with Crippen molar-refractivity contribution in [3.8, 4) is 0 Å². The first-order valence-electron chi connectivity index (χ1n) is 5.57. The van der Waals surface area contributed by atoms with E-state index in [-0.39, 0.29) is 11.9 Å². The predicted octanol–water partition coefficient (Wildman–Crippen LogP) is 3.39. The van der Waals surface area contributed by atoms with Crippen LogP contribution in [-0.4, -0.2) is 0 Å². The highest BCUT2D eigenvalue weighted by Gasteiger charge is 2.16. The summed E-state index contributed by atoms with van der Waals surface area (Å²) in [6.45, 7) is 5.43. The summed E-state index contributed by atoms with van der Waals surface area (Å²) in [5, 5.41) is 0. The molecule has 2 nitrogen and oxygen atoms in total. The Balaban J connectivity index is 2.45. The van der Waals surface area contributed by atoms with Crippen LogP contribution in [0.15, 0.2) is 28.9 Å². The predicted molar refractivity (Wildman–Crippen MR) is 65.3 cm³/mol. The molecule has 17 heavy (non-hydrogen) atoms. The number of furan rings is 1. The largest absolute Gasteiger partial charge is 0.467 e. The molecular weight excluding hydrogens is 217 g/mol. The molecule has 1 unspecified atom stereocenters. The number of nitrogens with two attached hydrogens (primary N) is 1. The van der Waals surface area contributed by atoms with Crippen LogP contribution in [0.1, 0.15) is 34.1 Å². The fraction of sp³-hybridized carbons (Fsp3) is 0.286. The standard InChI is InChI=1S/C14H16FNO/c1-8-4-5-17-14(8)13(16)11-6-9(2)12(15)10(3)7-11/h4-7,13H,16H2,1-3H3. The van der Waals surface area contributed by atoms with E-state index in [0.717, 1.165) is 16.9 Å². The van der Waals surface area contributed by atoms with Crippen LogP contribution in [0.3, 0.4) is 0 Å². The topological polar surface area (TPSA) is 39.2 Å². The number of benzene rings is 1. The Morgan fingerprint density at radius 1 is 1.12 bits per heavy atom. The highest BCUT2D eigenvalue weighted by atomic mass is 19.1. The molecule has 1 heterocycles. The van der Waals surface area contributed by atoms with Crippen LogP contribution in [0.5, 0.6) is 0 Å². The van der Waals surface area contributed by atoms with Crippen molar-refractivity contribution in [3.63, 3.8) is 0 Å². The zero-order valence-corrected chi connectivity index (χ0v) is 10.3. The second-order valence-electron chi connectivity index (χ2n) is 4.41. The van der Waals surface area contributed by atoms with E-state index in [4.69, 9.17) is 10.2 Å². The van der Waals surface area contributed by atoms with E-state index in [0.29, 0.717) is 11.1 Å². The summed E-state index contributed by atoms with van der Waals surface area (Å²) in [7, 11) is 0. The maximum atomic E-state index is 13.5. The molecule has 0 saturated carbocycles. The van der Waals surface area contributed by atoms with Gasteiger partial charge in [-0.25, -0.2) is 4.39 Å². The Bertz CT molecular complexity index is 522.